The SMILES string of the molecule is CC[C@H](C)[C@H](NC(=O)c1cnc(C(C)C)s1)C(=O)O. The van der Waals surface area contributed by atoms with Gasteiger partial charge in [0.2, 0.25) is 0 Å². The number of carboxylic acid groups (broad SMARTS) is 1. The largest absolute Gasteiger partial charge is 0.480 e. The van der Waals surface area contributed by atoms with E-state index in [2.05, 4.69) is 10.3 Å². The van der Waals surface area contributed by atoms with Crippen LogP contribution in [0.25, 0.3) is 0 Å². The van der Waals surface area contributed by atoms with Crippen molar-refractivity contribution in [2.75, 3.05) is 0 Å². The molecule has 0 unspecified atom stereocenters. The number of hydrogen-bond donors (Lipinski definition) is 2. The third kappa shape index (κ3) is 4.02. The number of carbonyl (C=O) groups is 2. The average Bonchev–Trinajstić information content (AvgIpc) is 2.84. The van der Waals surface area contributed by atoms with Crippen molar-refractivity contribution in [2.45, 2.75) is 46.1 Å². The minimum atomic E-state index is -1.00. The summed E-state index contributed by atoms with van der Waals surface area (Å²) in [6.07, 6.45) is 2.20. The first kappa shape index (κ1) is 15.6. The Kier molecular flexibility index (Phi) is 5.47. The van der Waals surface area contributed by atoms with Crippen LogP contribution in [-0.4, -0.2) is 28.0 Å². The monoisotopic (exact) mass is 284 g/mol. The normalized spacial score (nSPS) is 14.2. The van der Waals surface area contributed by atoms with E-state index in [0.29, 0.717) is 11.3 Å². The Labute approximate surface area is 117 Å². The van der Waals surface area contributed by atoms with Crippen LogP contribution in [0.3, 0.4) is 0 Å². The highest BCUT2D eigenvalue weighted by Crippen LogP contribution is 2.21. The molecule has 0 spiro atoms. The minimum Gasteiger partial charge on any atom is -0.480 e. The summed E-state index contributed by atoms with van der Waals surface area (Å²) in [7, 11) is 0. The standard InChI is InChI=1S/C13H20N2O3S/c1-5-8(4)10(13(17)18)15-11(16)9-6-14-12(19-9)7(2)3/h6-8,10H,5H2,1-4H3,(H,15,16)(H,17,18)/t8-,10-/m0/s1. The zero-order chi connectivity index (χ0) is 14.6. The first-order valence-corrected chi connectivity index (χ1v) is 7.17. The van der Waals surface area contributed by atoms with Gasteiger partial charge in [-0.3, -0.25) is 4.79 Å². The smallest absolute Gasteiger partial charge is 0.326 e. The van der Waals surface area contributed by atoms with E-state index in [1.165, 1.54) is 17.5 Å². The van der Waals surface area contributed by atoms with Gasteiger partial charge in [0, 0.05) is 5.92 Å². The maximum Gasteiger partial charge on any atom is 0.326 e. The zero-order valence-corrected chi connectivity index (χ0v) is 12.5. The Hall–Kier alpha value is -1.43. The summed E-state index contributed by atoms with van der Waals surface area (Å²) in [4.78, 5) is 27.8. The molecule has 1 rings (SSSR count). The molecule has 0 saturated carbocycles. The molecule has 0 aliphatic carbocycles. The van der Waals surface area contributed by atoms with Gasteiger partial charge in [0.05, 0.1) is 11.2 Å². The summed E-state index contributed by atoms with van der Waals surface area (Å²) < 4.78 is 0. The molecule has 0 saturated heterocycles. The van der Waals surface area contributed by atoms with Gasteiger partial charge in [-0.15, -0.1) is 11.3 Å². The van der Waals surface area contributed by atoms with E-state index in [1.807, 2.05) is 27.7 Å². The summed E-state index contributed by atoms with van der Waals surface area (Å²) in [5, 5.41) is 12.6. The molecule has 0 aromatic carbocycles. The lowest BCUT2D eigenvalue weighted by molar-refractivity contribution is -0.140. The fourth-order valence-electron chi connectivity index (χ4n) is 1.55. The molecule has 106 valence electrons. The van der Waals surface area contributed by atoms with Crippen LogP contribution in [-0.2, 0) is 4.79 Å². The molecule has 0 bridgehead atoms. The van der Waals surface area contributed by atoms with E-state index in [-0.39, 0.29) is 17.7 Å². The number of aliphatic carboxylic acids is 1. The molecule has 2 atom stereocenters. The van der Waals surface area contributed by atoms with Gasteiger partial charge in [-0.2, -0.15) is 0 Å². The molecule has 0 aliphatic rings. The van der Waals surface area contributed by atoms with E-state index in [9.17, 15) is 9.59 Å². The van der Waals surface area contributed by atoms with Gasteiger partial charge in [0.25, 0.3) is 5.91 Å². The van der Waals surface area contributed by atoms with Crippen molar-refractivity contribution in [1.29, 1.82) is 0 Å². The number of amides is 1. The van der Waals surface area contributed by atoms with E-state index in [4.69, 9.17) is 5.11 Å². The minimum absolute atomic E-state index is 0.112. The van der Waals surface area contributed by atoms with Crippen LogP contribution in [0.4, 0.5) is 0 Å². The van der Waals surface area contributed by atoms with Crippen LogP contribution < -0.4 is 5.32 Å². The molecule has 1 aromatic heterocycles. The Morgan fingerprint density at radius 2 is 2.05 bits per heavy atom. The van der Waals surface area contributed by atoms with E-state index in [1.54, 1.807) is 0 Å². The summed E-state index contributed by atoms with van der Waals surface area (Å²) in [6, 6.07) is -0.859. The number of hydrogen-bond acceptors (Lipinski definition) is 4. The van der Waals surface area contributed by atoms with Crippen molar-refractivity contribution in [2.24, 2.45) is 5.92 Å². The van der Waals surface area contributed by atoms with Crippen molar-refractivity contribution >= 4 is 23.2 Å². The van der Waals surface area contributed by atoms with Gasteiger partial charge in [0.1, 0.15) is 10.9 Å². The number of aromatic nitrogens is 1. The van der Waals surface area contributed by atoms with E-state index < -0.39 is 12.0 Å². The molecule has 0 aliphatic heterocycles. The number of carbonyl (C=O) groups excluding carboxylic acids is 1. The number of nitrogens with one attached hydrogen (secondary N) is 1. The van der Waals surface area contributed by atoms with Gasteiger partial charge in [-0.1, -0.05) is 34.1 Å². The van der Waals surface area contributed by atoms with Gasteiger partial charge in [-0.25, -0.2) is 9.78 Å². The highest BCUT2D eigenvalue weighted by molar-refractivity contribution is 7.13. The molecule has 2 N–H and O–H groups in total. The summed E-state index contributed by atoms with van der Waals surface area (Å²) in [5.74, 6) is -1.22. The molecule has 0 radical (unpaired) electrons. The van der Waals surface area contributed by atoms with Crippen molar-refractivity contribution in [3.8, 4) is 0 Å². The zero-order valence-electron chi connectivity index (χ0n) is 11.6. The number of carboxylic acids is 1. The van der Waals surface area contributed by atoms with Crippen molar-refractivity contribution in [3.63, 3.8) is 0 Å². The fourth-order valence-corrected chi connectivity index (χ4v) is 2.38. The Morgan fingerprint density at radius 3 is 2.47 bits per heavy atom. The predicted molar refractivity (Wildman–Crippen MR) is 74.5 cm³/mol. The lowest BCUT2D eigenvalue weighted by Crippen LogP contribution is -2.44. The van der Waals surface area contributed by atoms with Crippen LogP contribution in [0.2, 0.25) is 0 Å². The maximum atomic E-state index is 12.0. The predicted octanol–water partition coefficient (Wildman–Crippen LogP) is 2.50. The number of thiazole rings is 1. The molecule has 19 heavy (non-hydrogen) atoms. The van der Waals surface area contributed by atoms with E-state index >= 15 is 0 Å². The first-order chi connectivity index (χ1) is 8.86. The molecule has 0 fully saturated rings. The van der Waals surface area contributed by atoms with Crippen LogP contribution in [0.1, 0.15) is 54.7 Å². The lowest BCUT2D eigenvalue weighted by atomic mass is 9.99. The topological polar surface area (TPSA) is 79.3 Å². The van der Waals surface area contributed by atoms with Crippen LogP contribution in [0.15, 0.2) is 6.20 Å². The quantitative estimate of drug-likeness (QED) is 0.841. The van der Waals surface area contributed by atoms with Crippen LogP contribution >= 0.6 is 11.3 Å². The molecule has 1 amide bonds. The second kappa shape index (κ2) is 6.65. The third-order valence-electron chi connectivity index (χ3n) is 3.01. The maximum absolute atomic E-state index is 12.0. The molecule has 6 heteroatoms. The Morgan fingerprint density at radius 1 is 1.42 bits per heavy atom. The second-order valence-electron chi connectivity index (χ2n) is 4.89. The summed E-state index contributed by atoms with van der Waals surface area (Å²) in [5.41, 5.74) is 0. The van der Waals surface area contributed by atoms with Crippen molar-refractivity contribution in [1.82, 2.24) is 10.3 Å². The van der Waals surface area contributed by atoms with Gasteiger partial charge >= 0.3 is 5.97 Å². The molecule has 1 heterocycles. The van der Waals surface area contributed by atoms with Gasteiger partial charge < -0.3 is 10.4 Å². The molecule has 1 aromatic rings. The molecular formula is C13H20N2O3S. The second-order valence-corrected chi connectivity index (χ2v) is 5.95. The highest BCUT2D eigenvalue weighted by Gasteiger charge is 2.26. The highest BCUT2D eigenvalue weighted by atomic mass is 32.1. The van der Waals surface area contributed by atoms with Gasteiger partial charge in [-0.05, 0) is 5.92 Å². The Balaban J connectivity index is 2.79. The number of nitrogens with zero attached hydrogens (tertiary/aromatic N) is 1. The van der Waals surface area contributed by atoms with Crippen LogP contribution in [0.5, 0.6) is 0 Å². The molecular weight excluding hydrogens is 264 g/mol. The first-order valence-electron chi connectivity index (χ1n) is 6.36. The fraction of sp³-hybridized carbons (Fsp3) is 0.615. The van der Waals surface area contributed by atoms with Crippen molar-refractivity contribution in [3.05, 3.63) is 16.1 Å². The summed E-state index contributed by atoms with van der Waals surface area (Å²) >= 11 is 1.31. The van der Waals surface area contributed by atoms with Crippen LogP contribution in [0, 0.1) is 5.92 Å². The van der Waals surface area contributed by atoms with Gasteiger partial charge in [0.15, 0.2) is 0 Å². The van der Waals surface area contributed by atoms with Crippen molar-refractivity contribution < 1.29 is 14.7 Å². The third-order valence-corrected chi connectivity index (χ3v) is 4.30. The number of rotatable bonds is 6. The molecule has 5 nitrogen and oxygen atoms in total. The lowest BCUT2D eigenvalue weighted by Gasteiger charge is -2.19. The summed E-state index contributed by atoms with van der Waals surface area (Å²) in [6.45, 7) is 7.71. The Bertz CT molecular complexity index is 456. The average molecular weight is 284 g/mol. The van der Waals surface area contributed by atoms with E-state index in [0.717, 1.165) is 5.01 Å².